The van der Waals surface area contributed by atoms with E-state index >= 15 is 0 Å². The van der Waals surface area contributed by atoms with Gasteiger partial charge in [0.2, 0.25) is 0 Å². The first-order valence-electron chi connectivity index (χ1n) is 5.28. The van der Waals surface area contributed by atoms with Gasteiger partial charge in [-0.3, -0.25) is 0 Å². The molecule has 0 spiro atoms. The van der Waals surface area contributed by atoms with E-state index in [1.54, 1.807) is 0 Å². The van der Waals surface area contributed by atoms with Gasteiger partial charge < -0.3 is 10.5 Å². The number of hydrogen-bond donors (Lipinski definition) is 1. The Morgan fingerprint density at radius 1 is 1.50 bits per heavy atom. The van der Waals surface area contributed by atoms with E-state index in [1.807, 2.05) is 0 Å². The molecule has 1 atom stereocenters. The number of rotatable bonds is 2. The Morgan fingerprint density at radius 3 is 3.14 bits per heavy atom. The Bertz CT molecular complexity index is 308. The van der Waals surface area contributed by atoms with Gasteiger partial charge in [0.15, 0.2) is 0 Å². The predicted octanol–water partition coefficient (Wildman–Crippen LogP) is 1.90. The van der Waals surface area contributed by atoms with E-state index in [2.05, 4.69) is 25.1 Å². The molecule has 1 aromatic carbocycles. The van der Waals surface area contributed by atoms with Crippen LogP contribution < -0.4 is 10.5 Å². The van der Waals surface area contributed by atoms with E-state index in [1.165, 1.54) is 11.1 Å². The van der Waals surface area contributed by atoms with E-state index in [-0.39, 0.29) is 0 Å². The fourth-order valence-electron chi connectivity index (χ4n) is 2.02. The van der Waals surface area contributed by atoms with Crippen LogP contribution in [-0.2, 0) is 12.8 Å². The van der Waals surface area contributed by atoms with Gasteiger partial charge >= 0.3 is 0 Å². The summed E-state index contributed by atoms with van der Waals surface area (Å²) in [6.45, 7) is 2.84. The summed E-state index contributed by atoms with van der Waals surface area (Å²) < 4.78 is 5.78. The molecule has 1 aliphatic heterocycles. The third-order valence-corrected chi connectivity index (χ3v) is 2.77. The lowest BCUT2D eigenvalue weighted by molar-refractivity contribution is 0.192. The smallest absolute Gasteiger partial charge is 0.123 e. The molecule has 1 aliphatic rings. The molecular formula is C12H17NO. The zero-order chi connectivity index (χ0) is 9.97. The molecule has 0 saturated heterocycles. The molecule has 14 heavy (non-hydrogen) atoms. The lowest BCUT2D eigenvalue weighted by Crippen LogP contribution is -2.20. The molecule has 0 aromatic heterocycles. The standard InChI is InChI=1S/C12H17NO/c1-9-5-6-11-10(7-8-13)3-2-4-12(11)14-9/h2-4,9H,5-8,13H2,1H3. The Labute approximate surface area is 85.1 Å². The molecule has 2 nitrogen and oxygen atoms in total. The highest BCUT2D eigenvalue weighted by molar-refractivity contribution is 5.42. The van der Waals surface area contributed by atoms with Gasteiger partial charge in [0.25, 0.3) is 0 Å². The van der Waals surface area contributed by atoms with E-state index in [4.69, 9.17) is 10.5 Å². The Kier molecular flexibility index (Phi) is 2.73. The van der Waals surface area contributed by atoms with Crippen molar-refractivity contribution in [3.63, 3.8) is 0 Å². The van der Waals surface area contributed by atoms with Crippen LogP contribution >= 0.6 is 0 Å². The maximum atomic E-state index is 5.78. The second-order valence-corrected chi connectivity index (χ2v) is 3.90. The quantitative estimate of drug-likeness (QED) is 0.775. The molecule has 2 rings (SSSR count). The lowest BCUT2D eigenvalue weighted by Gasteiger charge is -2.25. The summed E-state index contributed by atoms with van der Waals surface area (Å²) in [7, 11) is 0. The van der Waals surface area contributed by atoms with Gasteiger partial charge in [0.1, 0.15) is 5.75 Å². The first kappa shape index (κ1) is 9.53. The van der Waals surface area contributed by atoms with Crippen molar-refractivity contribution in [3.8, 4) is 5.75 Å². The normalized spacial score (nSPS) is 20.0. The van der Waals surface area contributed by atoms with Gasteiger partial charge in [0, 0.05) is 0 Å². The molecule has 0 bridgehead atoms. The highest BCUT2D eigenvalue weighted by atomic mass is 16.5. The number of nitrogens with two attached hydrogens (primary N) is 1. The lowest BCUT2D eigenvalue weighted by atomic mass is 9.96. The maximum Gasteiger partial charge on any atom is 0.123 e. The molecule has 1 unspecified atom stereocenters. The topological polar surface area (TPSA) is 35.2 Å². The molecule has 1 heterocycles. The van der Waals surface area contributed by atoms with Gasteiger partial charge in [-0.15, -0.1) is 0 Å². The van der Waals surface area contributed by atoms with Crippen molar-refractivity contribution in [1.29, 1.82) is 0 Å². The van der Waals surface area contributed by atoms with Gasteiger partial charge in [-0.25, -0.2) is 0 Å². The molecule has 0 amide bonds. The van der Waals surface area contributed by atoms with Crippen LogP contribution in [0.5, 0.6) is 5.75 Å². The first-order chi connectivity index (χ1) is 6.81. The number of benzene rings is 1. The molecule has 76 valence electrons. The average Bonchev–Trinajstić information content (AvgIpc) is 2.18. The van der Waals surface area contributed by atoms with E-state index in [0.29, 0.717) is 12.6 Å². The molecule has 0 radical (unpaired) electrons. The van der Waals surface area contributed by atoms with E-state index in [9.17, 15) is 0 Å². The monoisotopic (exact) mass is 191 g/mol. The van der Waals surface area contributed by atoms with Crippen LogP contribution in [0.3, 0.4) is 0 Å². The average molecular weight is 191 g/mol. The third kappa shape index (κ3) is 1.75. The highest BCUT2D eigenvalue weighted by Gasteiger charge is 2.17. The van der Waals surface area contributed by atoms with Crippen molar-refractivity contribution in [3.05, 3.63) is 29.3 Å². The molecule has 0 aliphatic carbocycles. The largest absolute Gasteiger partial charge is 0.490 e. The zero-order valence-electron chi connectivity index (χ0n) is 8.62. The Morgan fingerprint density at radius 2 is 2.36 bits per heavy atom. The summed E-state index contributed by atoms with van der Waals surface area (Å²) in [5, 5.41) is 0. The second kappa shape index (κ2) is 4.01. The Balaban J connectivity index is 2.31. The van der Waals surface area contributed by atoms with Crippen molar-refractivity contribution in [2.24, 2.45) is 5.73 Å². The number of hydrogen-bond acceptors (Lipinski definition) is 2. The highest BCUT2D eigenvalue weighted by Crippen LogP contribution is 2.30. The van der Waals surface area contributed by atoms with Crippen molar-refractivity contribution >= 4 is 0 Å². The van der Waals surface area contributed by atoms with Crippen LogP contribution in [0, 0.1) is 0 Å². The maximum absolute atomic E-state index is 5.78. The van der Waals surface area contributed by atoms with Crippen LogP contribution in [0.25, 0.3) is 0 Å². The minimum Gasteiger partial charge on any atom is -0.490 e. The van der Waals surface area contributed by atoms with Crippen molar-refractivity contribution in [1.82, 2.24) is 0 Å². The molecule has 0 fully saturated rings. The Hall–Kier alpha value is -1.02. The van der Waals surface area contributed by atoms with Crippen LogP contribution in [-0.4, -0.2) is 12.6 Å². The number of fused-ring (bicyclic) bond motifs is 1. The van der Waals surface area contributed by atoms with Gasteiger partial charge in [0.05, 0.1) is 6.10 Å². The summed E-state index contributed by atoms with van der Waals surface area (Å²) in [6.07, 6.45) is 3.57. The third-order valence-electron chi connectivity index (χ3n) is 2.77. The van der Waals surface area contributed by atoms with Crippen molar-refractivity contribution in [2.45, 2.75) is 32.3 Å². The van der Waals surface area contributed by atoms with Crippen LogP contribution in [0.15, 0.2) is 18.2 Å². The minimum absolute atomic E-state index is 0.357. The molecule has 0 saturated carbocycles. The molecule has 2 N–H and O–H groups in total. The van der Waals surface area contributed by atoms with Gasteiger partial charge in [-0.1, -0.05) is 12.1 Å². The summed E-state index contributed by atoms with van der Waals surface area (Å²) in [4.78, 5) is 0. The van der Waals surface area contributed by atoms with E-state index < -0.39 is 0 Å². The summed E-state index contributed by atoms with van der Waals surface area (Å²) in [5.41, 5.74) is 8.31. The van der Waals surface area contributed by atoms with Gasteiger partial charge in [-0.05, 0) is 49.9 Å². The van der Waals surface area contributed by atoms with Crippen molar-refractivity contribution < 1.29 is 4.74 Å². The second-order valence-electron chi connectivity index (χ2n) is 3.90. The minimum atomic E-state index is 0.357. The first-order valence-corrected chi connectivity index (χ1v) is 5.28. The van der Waals surface area contributed by atoms with Crippen LogP contribution in [0.2, 0.25) is 0 Å². The van der Waals surface area contributed by atoms with Crippen LogP contribution in [0.4, 0.5) is 0 Å². The fraction of sp³-hybridized carbons (Fsp3) is 0.500. The van der Waals surface area contributed by atoms with Crippen LogP contribution in [0.1, 0.15) is 24.5 Å². The SMILES string of the molecule is CC1CCc2c(CCN)cccc2O1. The molecule has 1 aromatic rings. The van der Waals surface area contributed by atoms with Gasteiger partial charge in [-0.2, -0.15) is 0 Å². The summed E-state index contributed by atoms with van der Waals surface area (Å²) in [5.74, 6) is 1.06. The van der Waals surface area contributed by atoms with E-state index in [0.717, 1.165) is 25.0 Å². The molecule has 2 heteroatoms. The fourth-order valence-corrected chi connectivity index (χ4v) is 2.02. The molecular weight excluding hydrogens is 174 g/mol. The predicted molar refractivity (Wildman–Crippen MR) is 57.6 cm³/mol. The summed E-state index contributed by atoms with van der Waals surface area (Å²) >= 11 is 0. The summed E-state index contributed by atoms with van der Waals surface area (Å²) in [6, 6.07) is 6.28. The number of ether oxygens (including phenoxy) is 1. The van der Waals surface area contributed by atoms with Crippen molar-refractivity contribution in [2.75, 3.05) is 6.54 Å². The zero-order valence-corrected chi connectivity index (χ0v) is 8.62.